The fourth-order valence-electron chi connectivity index (χ4n) is 1.68. The van der Waals surface area contributed by atoms with E-state index in [9.17, 15) is 4.79 Å². The molecule has 17 heavy (non-hydrogen) atoms. The highest BCUT2D eigenvalue weighted by Crippen LogP contribution is 2.25. The molecule has 1 saturated carbocycles. The molecule has 5 heteroatoms. The molecular weight excluding hydrogens is 236 g/mol. The Morgan fingerprint density at radius 2 is 2.47 bits per heavy atom. The fourth-order valence-corrected chi connectivity index (χ4v) is 2.50. The Hall–Kier alpha value is -1.10. The van der Waals surface area contributed by atoms with Gasteiger partial charge >= 0.3 is 5.97 Å². The van der Waals surface area contributed by atoms with Gasteiger partial charge in [-0.2, -0.15) is 0 Å². The third-order valence-corrected chi connectivity index (χ3v) is 3.70. The Kier molecular flexibility index (Phi) is 4.36. The second-order valence-corrected chi connectivity index (χ2v) is 5.08. The largest absolute Gasteiger partial charge is 0.466 e. The van der Waals surface area contributed by atoms with Crippen molar-refractivity contribution in [2.75, 3.05) is 11.9 Å². The molecule has 1 aliphatic rings. The second kappa shape index (κ2) is 6.00. The molecule has 4 nitrogen and oxygen atoms in total. The molecule has 0 amide bonds. The zero-order chi connectivity index (χ0) is 12.1. The molecule has 2 rings (SSSR count). The van der Waals surface area contributed by atoms with E-state index in [4.69, 9.17) is 4.74 Å². The van der Waals surface area contributed by atoms with E-state index >= 15 is 0 Å². The lowest BCUT2D eigenvalue weighted by molar-refractivity contribution is -0.143. The van der Waals surface area contributed by atoms with Gasteiger partial charge in [0.1, 0.15) is 0 Å². The summed E-state index contributed by atoms with van der Waals surface area (Å²) in [5, 5.41) is 6.40. The molecule has 0 aliphatic heterocycles. The number of nitrogens with zero attached hydrogens (tertiary/aromatic N) is 1. The van der Waals surface area contributed by atoms with Crippen molar-refractivity contribution >= 4 is 22.4 Å². The molecule has 1 heterocycles. The summed E-state index contributed by atoms with van der Waals surface area (Å²) in [6.07, 6.45) is 4.90. The Morgan fingerprint density at radius 1 is 1.65 bits per heavy atom. The Bertz CT molecular complexity index is 374. The lowest BCUT2D eigenvalue weighted by atomic mass is 9.93. The summed E-state index contributed by atoms with van der Waals surface area (Å²) < 4.78 is 4.88. The lowest BCUT2D eigenvalue weighted by Gasteiger charge is -2.25. The number of hydrogen-bond donors (Lipinski definition) is 1. The molecule has 0 atom stereocenters. The number of esters is 1. The maximum absolute atomic E-state index is 11.2. The van der Waals surface area contributed by atoms with E-state index in [1.807, 2.05) is 12.3 Å². The molecule has 1 aromatic rings. The standard InChI is InChI=1S/C12H18N2O2S/c1-2-16-11(15)7-6-10-8-17-12(14-10)13-9-4-3-5-9/h8-9H,2-7H2,1H3,(H,13,14). The minimum Gasteiger partial charge on any atom is -0.466 e. The minimum atomic E-state index is -0.144. The fraction of sp³-hybridized carbons (Fsp3) is 0.667. The summed E-state index contributed by atoms with van der Waals surface area (Å²) in [4.78, 5) is 15.7. The van der Waals surface area contributed by atoms with Crippen LogP contribution in [0.2, 0.25) is 0 Å². The Labute approximate surface area is 105 Å². The van der Waals surface area contributed by atoms with Gasteiger partial charge < -0.3 is 10.1 Å². The quantitative estimate of drug-likeness (QED) is 0.793. The van der Waals surface area contributed by atoms with Crippen LogP contribution in [0, 0.1) is 0 Å². The number of hydrogen-bond acceptors (Lipinski definition) is 5. The van der Waals surface area contributed by atoms with E-state index in [1.165, 1.54) is 19.3 Å². The summed E-state index contributed by atoms with van der Waals surface area (Å²) >= 11 is 1.62. The van der Waals surface area contributed by atoms with Crippen LogP contribution in [0.1, 0.15) is 38.3 Å². The van der Waals surface area contributed by atoms with Gasteiger partial charge in [-0.3, -0.25) is 4.79 Å². The van der Waals surface area contributed by atoms with Gasteiger partial charge in [0.15, 0.2) is 5.13 Å². The van der Waals surface area contributed by atoms with Crippen molar-refractivity contribution in [3.63, 3.8) is 0 Å². The first-order valence-corrected chi connectivity index (χ1v) is 7.02. The number of aryl methyl sites for hydroxylation is 1. The number of thiazole rings is 1. The number of rotatable bonds is 6. The maximum Gasteiger partial charge on any atom is 0.306 e. The number of aromatic nitrogens is 1. The van der Waals surface area contributed by atoms with E-state index in [1.54, 1.807) is 11.3 Å². The smallest absolute Gasteiger partial charge is 0.306 e. The molecule has 0 radical (unpaired) electrons. The monoisotopic (exact) mass is 254 g/mol. The van der Waals surface area contributed by atoms with Crippen LogP contribution in [0.4, 0.5) is 5.13 Å². The van der Waals surface area contributed by atoms with Crippen LogP contribution in [0.15, 0.2) is 5.38 Å². The van der Waals surface area contributed by atoms with E-state index in [0.29, 0.717) is 25.5 Å². The minimum absolute atomic E-state index is 0.144. The van der Waals surface area contributed by atoms with Crippen molar-refractivity contribution in [2.24, 2.45) is 0 Å². The van der Waals surface area contributed by atoms with Gasteiger partial charge in [0.05, 0.1) is 18.7 Å². The van der Waals surface area contributed by atoms with Crippen molar-refractivity contribution in [1.82, 2.24) is 4.98 Å². The highest BCUT2D eigenvalue weighted by atomic mass is 32.1. The van der Waals surface area contributed by atoms with Crippen LogP contribution >= 0.6 is 11.3 Å². The Morgan fingerprint density at radius 3 is 3.12 bits per heavy atom. The van der Waals surface area contributed by atoms with Crippen LogP contribution in [-0.2, 0) is 16.0 Å². The zero-order valence-corrected chi connectivity index (χ0v) is 10.9. The number of carbonyl (C=O) groups is 1. The van der Waals surface area contributed by atoms with Crippen molar-refractivity contribution in [3.8, 4) is 0 Å². The van der Waals surface area contributed by atoms with Gasteiger partial charge in [-0.05, 0) is 26.2 Å². The molecule has 1 aliphatic carbocycles. The third-order valence-electron chi connectivity index (χ3n) is 2.88. The van der Waals surface area contributed by atoms with Crippen LogP contribution in [-0.4, -0.2) is 23.6 Å². The average molecular weight is 254 g/mol. The van der Waals surface area contributed by atoms with Crippen molar-refractivity contribution in [3.05, 3.63) is 11.1 Å². The molecule has 0 spiro atoms. The van der Waals surface area contributed by atoms with Crippen molar-refractivity contribution in [1.29, 1.82) is 0 Å². The summed E-state index contributed by atoms with van der Waals surface area (Å²) in [7, 11) is 0. The SMILES string of the molecule is CCOC(=O)CCc1csc(NC2CCC2)n1. The second-order valence-electron chi connectivity index (χ2n) is 4.22. The maximum atomic E-state index is 11.2. The number of ether oxygens (including phenoxy) is 1. The first-order chi connectivity index (χ1) is 8.28. The third kappa shape index (κ3) is 3.70. The summed E-state index contributed by atoms with van der Waals surface area (Å²) in [5.41, 5.74) is 0.977. The summed E-state index contributed by atoms with van der Waals surface area (Å²) in [5.74, 6) is -0.144. The lowest BCUT2D eigenvalue weighted by Crippen LogP contribution is -2.26. The predicted octanol–water partition coefficient (Wildman–Crippen LogP) is 2.60. The molecule has 0 aromatic carbocycles. The van der Waals surface area contributed by atoms with Crippen LogP contribution < -0.4 is 5.32 Å². The first kappa shape index (κ1) is 12.4. The van der Waals surface area contributed by atoms with E-state index in [2.05, 4.69) is 10.3 Å². The van der Waals surface area contributed by atoms with Crippen LogP contribution in [0.3, 0.4) is 0 Å². The predicted molar refractivity (Wildman–Crippen MR) is 68.3 cm³/mol. The van der Waals surface area contributed by atoms with Crippen LogP contribution in [0.5, 0.6) is 0 Å². The molecule has 0 saturated heterocycles. The van der Waals surface area contributed by atoms with E-state index in [0.717, 1.165) is 10.8 Å². The number of anilines is 1. The van der Waals surface area contributed by atoms with Crippen LogP contribution in [0.25, 0.3) is 0 Å². The number of carbonyl (C=O) groups excluding carboxylic acids is 1. The van der Waals surface area contributed by atoms with Gasteiger partial charge in [-0.15, -0.1) is 11.3 Å². The molecule has 94 valence electrons. The topological polar surface area (TPSA) is 51.2 Å². The van der Waals surface area contributed by atoms with Gasteiger partial charge in [0.2, 0.25) is 0 Å². The average Bonchev–Trinajstić information content (AvgIpc) is 2.69. The summed E-state index contributed by atoms with van der Waals surface area (Å²) in [6, 6.07) is 0.610. The van der Waals surface area contributed by atoms with Gasteiger partial charge in [0.25, 0.3) is 0 Å². The zero-order valence-electron chi connectivity index (χ0n) is 10.1. The highest BCUT2D eigenvalue weighted by Gasteiger charge is 2.18. The first-order valence-electron chi connectivity index (χ1n) is 6.14. The molecule has 1 fully saturated rings. The van der Waals surface area contributed by atoms with Gasteiger partial charge in [0, 0.05) is 17.8 Å². The van der Waals surface area contributed by atoms with E-state index in [-0.39, 0.29) is 5.97 Å². The normalized spacial score (nSPS) is 15.4. The van der Waals surface area contributed by atoms with Gasteiger partial charge in [-0.25, -0.2) is 4.98 Å². The molecule has 0 bridgehead atoms. The number of nitrogens with one attached hydrogen (secondary N) is 1. The van der Waals surface area contributed by atoms with Crippen molar-refractivity contribution in [2.45, 2.75) is 45.1 Å². The molecule has 0 unspecified atom stereocenters. The van der Waals surface area contributed by atoms with Crippen molar-refractivity contribution < 1.29 is 9.53 Å². The summed E-state index contributed by atoms with van der Waals surface area (Å²) in [6.45, 7) is 2.27. The highest BCUT2D eigenvalue weighted by molar-refractivity contribution is 7.13. The van der Waals surface area contributed by atoms with Gasteiger partial charge in [-0.1, -0.05) is 0 Å². The molecular formula is C12H18N2O2S. The molecule has 1 aromatic heterocycles. The van der Waals surface area contributed by atoms with E-state index < -0.39 is 0 Å². The Balaban J connectivity index is 1.75. The molecule has 1 N–H and O–H groups in total.